The number of hydrogen-bond acceptors (Lipinski definition) is 1. The maximum atomic E-state index is 14.6. The molecule has 0 radical (unpaired) electrons. The lowest BCUT2D eigenvalue weighted by molar-refractivity contribution is 0.147. The second-order valence-electron chi connectivity index (χ2n) is 4.90. The number of allylic oxidation sites excluding steroid dienone is 1. The van der Waals surface area contributed by atoms with Crippen molar-refractivity contribution in [3.63, 3.8) is 0 Å². The standard InChI is InChI=1S/C13H24FN/c1-11(2)13(14,10-15)12-8-6-4-3-5-7-9-12/h8,11H,3-7,9-10,15H2,1-2H3. The van der Waals surface area contributed by atoms with Gasteiger partial charge in [0.2, 0.25) is 0 Å². The molecule has 1 unspecified atom stereocenters. The van der Waals surface area contributed by atoms with Crippen molar-refractivity contribution in [3.05, 3.63) is 11.6 Å². The Labute approximate surface area is 92.9 Å². The largest absolute Gasteiger partial charge is 0.327 e. The van der Waals surface area contributed by atoms with Crippen LogP contribution < -0.4 is 5.73 Å². The van der Waals surface area contributed by atoms with Gasteiger partial charge >= 0.3 is 0 Å². The molecule has 1 aliphatic carbocycles. The molecule has 0 heterocycles. The number of hydrogen-bond donors (Lipinski definition) is 1. The predicted octanol–water partition coefficient (Wildman–Crippen LogP) is 3.59. The maximum absolute atomic E-state index is 14.6. The Kier molecular flexibility index (Phi) is 4.78. The van der Waals surface area contributed by atoms with E-state index in [1.807, 2.05) is 13.8 Å². The molecular formula is C13H24FN. The normalized spacial score (nSPS) is 22.9. The van der Waals surface area contributed by atoms with E-state index < -0.39 is 5.67 Å². The van der Waals surface area contributed by atoms with Crippen LogP contribution in [-0.4, -0.2) is 12.2 Å². The average Bonchev–Trinajstić information content (AvgIpc) is 2.15. The van der Waals surface area contributed by atoms with Gasteiger partial charge in [0.25, 0.3) is 0 Å². The summed E-state index contributed by atoms with van der Waals surface area (Å²) in [5.41, 5.74) is 5.30. The maximum Gasteiger partial charge on any atom is 0.146 e. The van der Waals surface area contributed by atoms with Gasteiger partial charge in [-0.1, -0.05) is 32.8 Å². The number of nitrogens with two attached hydrogens (primary N) is 1. The molecule has 1 aliphatic rings. The highest BCUT2D eigenvalue weighted by molar-refractivity contribution is 5.19. The first-order valence-electron chi connectivity index (χ1n) is 6.19. The second-order valence-corrected chi connectivity index (χ2v) is 4.90. The van der Waals surface area contributed by atoms with Crippen molar-refractivity contribution in [3.8, 4) is 0 Å². The van der Waals surface area contributed by atoms with Crippen molar-refractivity contribution in [2.45, 2.75) is 58.0 Å². The van der Waals surface area contributed by atoms with E-state index in [-0.39, 0.29) is 12.5 Å². The highest BCUT2D eigenvalue weighted by atomic mass is 19.1. The van der Waals surface area contributed by atoms with Crippen molar-refractivity contribution < 1.29 is 4.39 Å². The van der Waals surface area contributed by atoms with Crippen LogP contribution in [0.2, 0.25) is 0 Å². The third-order valence-corrected chi connectivity index (χ3v) is 3.54. The molecule has 2 heteroatoms. The van der Waals surface area contributed by atoms with Gasteiger partial charge < -0.3 is 5.73 Å². The molecule has 0 amide bonds. The molecule has 0 aliphatic heterocycles. The fraction of sp³-hybridized carbons (Fsp3) is 0.846. The topological polar surface area (TPSA) is 26.0 Å². The van der Waals surface area contributed by atoms with Crippen molar-refractivity contribution in [2.24, 2.45) is 11.7 Å². The van der Waals surface area contributed by atoms with Crippen molar-refractivity contribution in [2.75, 3.05) is 6.54 Å². The fourth-order valence-electron chi connectivity index (χ4n) is 2.31. The summed E-state index contributed by atoms with van der Waals surface area (Å²) < 4.78 is 14.6. The lowest BCUT2D eigenvalue weighted by atomic mass is 9.81. The van der Waals surface area contributed by atoms with Crippen LogP contribution in [-0.2, 0) is 0 Å². The minimum absolute atomic E-state index is 0.0202. The van der Waals surface area contributed by atoms with Gasteiger partial charge in [0.15, 0.2) is 0 Å². The summed E-state index contributed by atoms with van der Waals surface area (Å²) in [5.74, 6) is -0.0202. The van der Waals surface area contributed by atoms with Crippen LogP contribution in [0.25, 0.3) is 0 Å². The van der Waals surface area contributed by atoms with Gasteiger partial charge in [-0.3, -0.25) is 0 Å². The molecule has 2 N–H and O–H groups in total. The van der Waals surface area contributed by atoms with Crippen molar-refractivity contribution in [1.82, 2.24) is 0 Å². The van der Waals surface area contributed by atoms with E-state index >= 15 is 0 Å². The summed E-state index contributed by atoms with van der Waals surface area (Å²) in [6.07, 6.45) is 8.85. The predicted molar refractivity (Wildman–Crippen MR) is 63.5 cm³/mol. The molecule has 0 fully saturated rings. The van der Waals surface area contributed by atoms with Gasteiger partial charge in [0, 0.05) is 6.54 Å². The summed E-state index contributed by atoms with van der Waals surface area (Å²) in [6, 6.07) is 0. The van der Waals surface area contributed by atoms with Gasteiger partial charge in [0.1, 0.15) is 5.67 Å². The van der Waals surface area contributed by atoms with Crippen LogP contribution in [0.3, 0.4) is 0 Å². The lowest BCUT2D eigenvalue weighted by Gasteiger charge is -2.32. The first-order valence-corrected chi connectivity index (χ1v) is 6.19. The average molecular weight is 213 g/mol. The van der Waals surface area contributed by atoms with Gasteiger partial charge in [-0.15, -0.1) is 0 Å². The molecule has 0 saturated heterocycles. The quantitative estimate of drug-likeness (QED) is 0.712. The van der Waals surface area contributed by atoms with Crippen LogP contribution in [0.5, 0.6) is 0 Å². The number of alkyl halides is 1. The minimum atomic E-state index is -1.27. The molecule has 1 rings (SSSR count). The Bertz CT molecular complexity index is 223. The van der Waals surface area contributed by atoms with E-state index in [4.69, 9.17) is 5.73 Å². The van der Waals surface area contributed by atoms with E-state index in [2.05, 4.69) is 6.08 Å². The van der Waals surface area contributed by atoms with Gasteiger partial charge in [0.05, 0.1) is 0 Å². The summed E-state index contributed by atoms with van der Waals surface area (Å²) >= 11 is 0. The third kappa shape index (κ3) is 3.04. The van der Waals surface area contributed by atoms with Crippen LogP contribution in [0.4, 0.5) is 4.39 Å². The summed E-state index contributed by atoms with van der Waals surface area (Å²) in [6.45, 7) is 3.97. The van der Waals surface area contributed by atoms with Crippen LogP contribution >= 0.6 is 0 Å². The number of rotatable bonds is 3. The zero-order valence-corrected chi connectivity index (χ0v) is 10.1. The SMILES string of the molecule is CC(C)C(F)(CN)C1=CCCCCCC1. The molecular weight excluding hydrogens is 189 g/mol. The highest BCUT2D eigenvalue weighted by Crippen LogP contribution is 2.34. The molecule has 1 atom stereocenters. The second kappa shape index (κ2) is 5.64. The van der Waals surface area contributed by atoms with Gasteiger partial charge in [-0.05, 0) is 37.2 Å². The Morgan fingerprint density at radius 1 is 1.33 bits per heavy atom. The summed E-state index contributed by atoms with van der Waals surface area (Å²) in [7, 11) is 0. The van der Waals surface area contributed by atoms with E-state index in [1.165, 1.54) is 19.3 Å². The smallest absolute Gasteiger partial charge is 0.146 e. The van der Waals surface area contributed by atoms with Crippen molar-refractivity contribution in [1.29, 1.82) is 0 Å². The Hall–Kier alpha value is -0.370. The highest BCUT2D eigenvalue weighted by Gasteiger charge is 2.35. The Balaban J connectivity index is 2.80. The molecule has 0 aromatic heterocycles. The first kappa shape index (κ1) is 12.7. The van der Waals surface area contributed by atoms with Crippen LogP contribution in [0, 0.1) is 5.92 Å². The van der Waals surface area contributed by atoms with E-state index in [1.54, 1.807) is 0 Å². The van der Waals surface area contributed by atoms with Crippen LogP contribution in [0.15, 0.2) is 11.6 Å². The Morgan fingerprint density at radius 2 is 2.00 bits per heavy atom. The summed E-state index contributed by atoms with van der Waals surface area (Å²) in [5, 5.41) is 0. The van der Waals surface area contributed by atoms with Crippen LogP contribution in [0.1, 0.15) is 52.4 Å². The first-order chi connectivity index (χ1) is 7.11. The third-order valence-electron chi connectivity index (χ3n) is 3.54. The molecule has 0 bridgehead atoms. The minimum Gasteiger partial charge on any atom is -0.327 e. The number of halogens is 1. The molecule has 1 nitrogen and oxygen atoms in total. The molecule has 15 heavy (non-hydrogen) atoms. The van der Waals surface area contributed by atoms with Gasteiger partial charge in [-0.25, -0.2) is 4.39 Å². The van der Waals surface area contributed by atoms with Gasteiger partial charge in [-0.2, -0.15) is 0 Å². The Morgan fingerprint density at radius 3 is 2.60 bits per heavy atom. The molecule has 0 aromatic carbocycles. The van der Waals surface area contributed by atoms with E-state index in [9.17, 15) is 4.39 Å². The zero-order valence-electron chi connectivity index (χ0n) is 10.1. The molecule has 0 spiro atoms. The van der Waals surface area contributed by atoms with E-state index in [0.717, 1.165) is 24.8 Å². The molecule has 0 aromatic rings. The molecule has 88 valence electrons. The molecule has 0 saturated carbocycles. The summed E-state index contributed by atoms with van der Waals surface area (Å²) in [4.78, 5) is 0. The fourth-order valence-corrected chi connectivity index (χ4v) is 2.31. The van der Waals surface area contributed by atoms with E-state index in [0.29, 0.717) is 0 Å². The monoisotopic (exact) mass is 213 g/mol. The lowest BCUT2D eigenvalue weighted by Crippen LogP contribution is -2.40. The zero-order chi connectivity index (χ0) is 11.3. The van der Waals surface area contributed by atoms with Crippen molar-refractivity contribution >= 4 is 0 Å².